The van der Waals surface area contributed by atoms with Crippen LogP contribution in [0.2, 0.25) is 0 Å². The van der Waals surface area contributed by atoms with E-state index in [2.05, 4.69) is 9.88 Å². The van der Waals surface area contributed by atoms with Gasteiger partial charge in [0.2, 0.25) is 0 Å². The first-order valence-electron chi connectivity index (χ1n) is 10.1. The maximum absolute atomic E-state index is 12.5. The number of fused-ring (bicyclic) bond motifs is 1. The van der Waals surface area contributed by atoms with Crippen LogP contribution in [-0.4, -0.2) is 66.6 Å². The molecule has 1 amide bonds. The number of H-pyrrole nitrogens is 1. The number of hydrogen-bond acceptors (Lipinski definition) is 7. The van der Waals surface area contributed by atoms with Crippen molar-refractivity contribution >= 4 is 34.2 Å². The summed E-state index contributed by atoms with van der Waals surface area (Å²) in [5.41, 5.74) is 1.91. The Morgan fingerprint density at radius 1 is 1.06 bits per heavy atom. The van der Waals surface area contributed by atoms with Crippen molar-refractivity contribution in [1.82, 2.24) is 9.88 Å². The van der Waals surface area contributed by atoms with E-state index in [1.54, 1.807) is 42.3 Å². The van der Waals surface area contributed by atoms with Crippen LogP contribution in [0.4, 0.5) is 11.4 Å². The van der Waals surface area contributed by atoms with Crippen molar-refractivity contribution in [1.29, 1.82) is 0 Å². The van der Waals surface area contributed by atoms with Crippen molar-refractivity contribution in [3.8, 4) is 5.75 Å². The number of hydrogen-bond donors (Lipinski definition) is 1. The quantitative estimate of drug-likeness (QED) is 0.357. The van der Waals surface area contributed by atoms with Crippen LogP contribution >= 0.6 is 0 Å². The Morgan fingerprint density at radius 2 is 1.78 bits per heavy atom. The summed E-state index contributed by atoms with van der Waals surface area (Å²) in [6, 6.07) is 13.4. The van der Waals surface area contributed by atoms with Crippen LogP contribution in [0, 0.1) is 10.1 Å². The van der Waals surface area contributed by atoms with Crippen LogP contribution in [0.3, 0.4) is 0 Å². The van der Waals surface area contributed by atoms with Crippen molar-refractivity contribution in [2.24, 2.45) is 0 Å². The number of nitro benzene ring substituents is 1. The molecule has 1 aromatic heterocycles. The maximum Gasteiger partial charge on any atom is 0.355 e. The summed E-state index contributed by atoms with van der Waals surface area (Å²) in [7, 11) is 1.57. The number of esters is 1. The number of benzene rings is 2. The van der Waals surface area contributed by atoms with Gasteiger partial charge in [-0.3, -0.25) is 14.9 Å². The van der Waals surface area contributed by atoms with Gasteiger partial charge in [0.15, 0.2) is 6.61 Å². The smallest absolute Gasteiger partial charge is 0.355 e. The second-order valence-corrected chi connectivity index (χ2v) is 7.35. The van der Waals surface area contributed by atoms with E-state index in [-0.39, 0.29) is 23.9 Å². The number of non-ortho nitro benzene ring substituents is 1. The van der Waals surface area contributed by atoms with E-state index in [9.17, 15) is 19.7 Å². The fourth-order valence-electron chi connectivity index (χ4n) is 3.64. The van der Waals surface area contributed by atoms with Crippen LogP contribution in [0.5, 0.6) is 5.75 Å². The number of ether oxygens (including phenoxy) is 2. The molecule has 166 valence electrons. The zero-order valence-electron chi connectivity index (χ0n) is 17.4. The van der Waals surface area contributed by atoms with Gasteiger partial charge in [-0.2, -0.15) is 0 Å². The van der Waals surface area contributed by atoms with Crippen LogP contribution in [0.15, 0.2) is 48.5 Å². The molecule has 2 aromatic carbocycles. The predicted molar refractivity (Wildman–Crippen MR) is 117 cm³/mol. The van der Waals surface area contributed by atoms with E-state index in [0.29, 0.717) is 31.9 Å². The van der Waals surface area contributed by atoms with Crippen LogP contribution in [-0.2, 0) is 9.53 Å². The summed E-state index contributed by atoms with van der Waals surface area (Å²) in [5, 5.41) is 11.6. The third kappa shape index (κ3) is 4.48. The number of rotatable bonds is 6. The van der Waals surface area contributed by atoms with Crippen molar-refractivity contribution < 1.29 is 24.0 Å². The molecule has 0 bridgehead atoms. The van der Waals surface area contributed by atoms with Gasteiger partial charge in [-0.1, -0.05) is 0 Å². The molecule has 0 radical (unpaired) electrons. The standard InChI is InChI=1S/C22H22N4O6/c1-31-18-7-2-15-12-20(23-19(15)13-18)22(28)32-14-21(27)25-10-8-24(9-11-25)16-3-5-17(6-4-16)26(29)30/h2-7,12-13,23H,8-11,14H2,1H3. The third-order valence-corrected chi connectivity index (χ3v) is 5.43. The Kier molecular flexibility index (Phi) is 5.93. The topological polar surface area (TPSA) is 118 Å². The molecule has 2 heterocycles. The lowest BCUT2D eigenvalue weighted by Gasteiger charge is -2.36. The molecule has 1 saturated heterocycles. The number of aromatic amines is 1. The molecule has 1 aliphatic heterocycles. The van der Waals surface area contributed by atoms with Gasteiger partial charge in [0.1, 0.15) is 11.4 Å². The number of carbonyl (C=O) groups excluding carboxylic acids is 2. The number of anilines is 1. The fraction of sp³-hybridized carbons (Fsp3) is 0.273. The summed E-state index contributed by atoms with van der Waals surface area (Å²) in [5.74, 6) is -0.195. The van der Waals surface area contributed by atoms with Gasteiger partial charge in [-0.05, 0) is 30.3 Å². The van der Waals surface area contributed by atoms with Crippen molar-refractivity contribution in [3.63, 3.8) is 0 Å². The summed E-state index contributed by atoms with van der Waals surface area (Å²) >= 11 is 0. The predicted octanol–water partition coefficient (Wildman–Crippen LogP) is 2.59. The first kappa shape index (κ1) is 21.2. The van der Waals surface area contributed by atoms with Gasteiger partial charge in [-0.25, -0.2) is 4.79 Å². The van der Waals surface area contributed by atoms with Crippen molar-refractivity contribution in [3.05, 3.63) is 64.3 Å². The molecule has 1 fully saturated rings. The highest BCUT2D eigenvalue weighted by Gasteiger charge is 2.23. The zero-order chi connectivity index (χ0) is 22.7. The highest BCUT2D eigenvalue weighted by atomic mass is 16.6. The number of nitrogens with zero attached hydrogens (tertiary/aromatic N) is 3. The SMILES string of the molecule is COc1ccc2cc(C(=O)OCC(=O)N3CCN(c4ccc([N+](=O)[O-])cc4)CC3)[nH]c2c1. The number of piperazine rings is 1. The number of amides is 1. The third-order valence-electron chi connectivity index (χ3n) is 5.43. The van der Waals surface area contributed by atoms with Crippen molar-refractivity contribution in [2.75, 3.05) is 44.8 Å². The summed E-state index contributed by atoms with van der Waals surface area (Å²) < 4.78 is 10.4. The molecule has 4 rings (SSSR count). The van der Waals surface area contributed by atoms with Gasteiger partial charge in [0.05, 0.1) is 12.0 Å². The fourth-order valence-corrected chi connectivity index (χ4v) is 3.64. The van der Waals surface area contributed by atoms with E-state index in [0.717, 1.165) is 16.6 Å². The molecule has 10 heteroatoms. The second kappa shape index (κ2) is 8.96. The highest BCUT2D eigenvalue weighted by Crippen LogP contribution is 2.22. The lowest BCUT2D eigenvalue weighted by Crippen LogP contribution is -2.49. The zero-order valence-corrected chi connectivity index (χ0v) is 17.4. The molecule has 0 unspecified atom stereocenters. The largest absolute Gasteiger partial charge is 0.497 e. The molecule has 1 aliphatic rings. The minimum atomic E-state index is -0.599. The Morgan fingerprint density at radius 3 is 2.44 bits per heavy atom. The van der Waals surface area contributed by atoms with Crippen LogP contribution in [0.25, 0.3) is 10.9 Å². The first-order valence-corrected chi connectivity index (χ1v) is 10.1. The Bertz CT molecular complexity index is 1150. The van der Waals surface area contributed by atoms with E-state index in [4.69, 9.17) is 9.47 Å². The molecule has 3 aromatic rings. The summed E-state index contributed by atoms with van der Waals surface area (Å²) in [6.07, 6.45) is 0. The number of nitrogens with one attached hydrogen (secondary N) is 1. The molecular formula is C22H22N4O6. The molecular weight excluding hydrogens is 416 g/mol. The molecule has 0 saturated carbocycles. The van der Waals surface area contributed by atoms with Gasteiger partial charge in [0, 0.05) is 61.0 Å². The minimum Gasteiger partial charge on any atom is -0.497 e. The minimum absolute atomic E-state index is 0.0403. The molecule has 0 aliphatic carbocycles. The van der Waals surface area contributed by atoms with Gasteiger partial charge < -0.3 is 24.3 Å². The van der Waals surface area contributed by atoms with Crippen molar-refractivity contribution in [2.45, 2.75) is 0 Å². The number of nitro groups is 1. The van der Waals surface area contributed by atoms with E-state index in [1.807, 2.05) is 6.07 Å². The van der Waals surface area contributed by atoms with E-state index < -0.39 is 10.9 Å². The molecule has 0 spiro atoms. The van der Waals surface area contributed by atoms with Gasteiger partial charge in [0.25, 0.3) is 11.6 Å². The molecule has 0 atom stereocenters. The first-order chi connectivity index (χ1) is 15.4. The van der Waals surface area contributed by atoms with Crippen LogP contribution in [0.1, 0.15) is 10.5 Å². The molecule has 10 nitrogen and oxygen atoms in total. The van der Waals surface area contributed by atoms with Crippen LogP contribution < -0.4 is 9.64 Å². The highest BCUT2D eigenvalue weighted by molar-refractivity contribution is 5.96. The Balaban J connectivity index is 1.28. The average molecular weight is 438 g/mol. The lowest BCUT2D eigenvalue weighted by atomic mass is 10.2. The molecule has 32 heavy (non-hydrogen) atoms. The Labute approximate surface area is 183 Å². The number of aromatic nitrogens is 1. The van der Waals surface area contributed by atoms with Gasteiger partial charge in [-0.15, -0.1) is 0 Å². The number of carbonyl (C=O) groups is 2. The van der Waals surface area contributed by atoms with Gasteiger partial charge >= 0.3 is 5.97 Å². The normalized spacial score (nSPS) is 13.8. The lowest BCUT2D eigenvalue weighted by molar-refractivity contribution is -0.384. The second-order valence-electron chi connectivity index (χ2n) is 7.35. The van der Waals surface area contributed by atoms with E-state index in [1.165, 1.54) is 12.1 Å². The average Bonchev–Trinajstić information content (AvgIpc) is 3.26. The maximum atomic E-state index is 12.5. The monoisotopic (exact) mass is 438 g/mol. The van der Waals surface area contributed by atoms with E-state index >= 15 is 0 Å². The number of methoxy groups -OCH3 is 1. The Hall–Kier alpha value is -4.08. The molecule has 1 N–H and O–H groups in total. The summed E-state index contributed by atoms with van der Waals surface area (Å²) in [6.45, 7) is 1.77. The summed E-state index contributed by atoms with van der Waals surface area (Å²) in [4.78, 5) is 41.9.